The van der Waals surface area contributed by atoms with Gasteiger partial charge in [-0.25, -0.2) is 8.42 Å². The number of sulfonamides is 1. The number of fused-ring (bicyclic) bond motifs is 1. The van der Waals surface area contributed by atoms with Crippen LogP contribution in [-0.2, 0) is 16.4 Å². The van der Waals surface area contributed by atoms with Gasteiger partial charge >= 0.3 is 0 Å². The van der Waals surface area contributed by atoms with Gasteiger partial charge in [0.2, 0.25) is 10.0 Å². The fourth-order valence-electron chi connectivity index (χ4n) is 3.55. The third kappa shape index (κ3) is 4.08. The van der Waals surface area contributed by atoms with Gasteiger partial charge in [0, 0.05) is 33.2 Å². The minimum Gasteiger partial charge on any atom is -0.355 e. The maximum absolute atomic E-state index is 12.7. The zero-order valence-electron chi connectivity index (χ0n) is 15.1. The van der Waals surface area contributed by atoms with Crippen LogP contribution in [0, 0.1) is 5.92 Å². The SMILES string of the molecule is CN=C(NCCS(=O)(=O)N1CCc2ccccc21)N1CCC(C)CC1. The van der Waals surface area contributed by atoms with Gasteiger partial charge in [0.05, 0.1) is 11.4 Å². The molecule has 0 radical (unpaired) electrons. The molecule has 0 bridgehead atoms. The standard InChI is InChI=1S/C18H28N4O2S/c1-15-7-11-21(12-8-15)18(19-2)20-10-14-25(23,24)22-13-9-16-5-3-4-6-17(16)22/h3-6,15H,7-14H2,1-2H3,(H,19,20). The van der Waals surface area contributed by atoms with E-state index < -0.39 is 10.0 Å². The fraction of sp³-hybridized carbons (Fsp3) is 0.611. The first kappa shape index (κ1) is 18.0. The monoisotopic (exact) mass is 364 g/mol. The predicted octanol–water partition coefficient (Wildman–Crippen LogP) is 1.69. The molecule has 1 aromatic carbocycles. The zero-order valence-corrected chi connectivity index (χ0v) is 15.9. The number of nitrogens with one attached hydrogen (secondary N) is 1. The van der Waals surface area contributed by atoms with Crippen LogP contribution in [0.2, 0.25) is 0 Å². The van der Waals surface area contributed by atoms with E-state index in [1.54, 1.807) is 11.4 Å². The molecule has 138 valence electrons. The Kier molecular flexibility index (Phi) is 5.51. The molecule has 1 saturated heterocycles. The third-order valence-electron chi connectivity index (χ3n) is 5.12. The first-order valence-corrected chi connectivity index (χ1v) is 10.7. The fourth-order valence-corrected chi connectivity index (χ4v) is 4.98. The Morgan fingerprint density at radius 3 is 2.68 bits per heavy atom. The summed E-state index contributed by atoms with van der Waals surface area (Å²) < 4.78 is 27.0. The van der Waals surface area contributed by atoms with Crippen molar-refractivity contribution in [3.05, 3.63) is 29.8 Å². The summed E-state index contributed by atoms with van der Waals surface area (Å²) in [5.41, 5.74) is 1.94. The largest absolute Gasteiger partial charge is 0.355 e. The molecule has 0 spiro atoms. The van der Waals surface area contributed by atoms with Crippen molar-refractivity contribution in [1.29, 1.82) is 0 Å². The van der Waals surface area contributed by atoms with Crippen molar-refractivity contribution in [2.24, 2.45) is 10.9 Å². The molecule has 0 aromatic heterocycles. The minimum atomic E-state index is -3.32. The van der Waals surface area contributed by atoms with Crippen LogP contribution in [0.1, 0.15) is 25.3 Å². The minimum absolute atomic E-state index is 0.0740. The lowest BCUT2D eigenvalue weighted by Gasteiger charge is -2.33. The number of para-hydroxylation sites is 1. The molecular formula is C18H28N4O2S. The number of hydrogen-bond acceptors (Lipinski definition) is 3. The number of anilines is 1. The number of piperidine rings is 1. The molecule has 0 unspecified atom stereocenters. The molecular weight excluding hydrogens is 336 g/mol. The van der Waals surface area contributed by atoms with Crippen molar-refractivity contribution in [2.75, 3.05) is 43.3 Å². The van der Waals surface area contributed by atoms with Gasteiger partial charge in [0.25, 0.3) is 0 Å². The highest BCUT2D eigenvalue weighted by atomic mass is 32.2. The number of nitrogens with zero attached hydrogens (tertiary/aromatic N) is 3. The van der Waals surface area contributed by atoms with Gasteiger partial charge in [-0.1, -0.05) is 25.1 Å². The lowest BCUT2D eigenvalue weighted by molar-refractivity contribution is 0.274. The highest BCUT2D eigenvalue weighted by Crippen LogP contribution is 2.29. The summed E-state index contributed by atoms with van der Waals surface area (Å²) in [5, 5.41) is 3.23. The van der Waals surface area contributed by atoms with E-state index in [-0.39, 0.29) is 5.75 Å². The van der Waals surface area contributed by atoms with Crippen molar-refractivity contribution in [2.45, 2.75) is 26.2 Å². The van der Waals surface area contributed by atoms with E-state index in [0.717, 1.165) is 55.5 Å². The second kappa shape index (κ2) is 7.64. The molecule has 25 heavy (non-hydrogen) atoms. The first-order valence-electron chi connectivity index (χ1n) is 9.05. The Hall–Kier alpha value is -1.76. The van der Waals surface area contributed by atoms with Crippen LogP contribution < -0.4 is 9.62 Å². The van der Waals surface area contributed by atoms with Crippen molar-refractivity contribution < 1.29 is 8.42 Å². The number of hydrogen-bond donors (Lipinski definition) is 1. The van der Waals surface area contributed by atoms with Crippen molar-refractivity contribution >= 4 is 21.7 Å². The Labute approximate surface area is 151 Å². The molecule has 1 fully saturated rings. The van der Waals surface area contributed by atoms with Gasteiger partial charge < -0.3 is 10.2 Å². The van der Waals surface area contributed by atoms with Crippen LogP contribution in [-0.4, -0.2) is 58.3 Å². The van der Waals surface area contributed by atoms with Gasteiger partial charge in [-0.05, 0) is 36.8 Å². The average Bonchev–Trinajstić information content (AvgIpc) is 3.05. The average molecular weight is 365 g/mol. The first-order chi connectivity index (χ1) is 12.0. The van der Waals surface area contributed by atoms with Crippen LogP contribution in [0.25, 0.3) is 0 Å². The van der Waals surface area contributed by atoms with E-state index in [1.807, 2.05) is 24.3 Å². The lowest BCUT2D eigenvalue weighted by Crippen LogP contribution is -2.47. The van der Waals surface area contributed by atoms with Crippen LogP contribution in [0.15, 0.2) is 29.3 Å². The second-order valence-corrected chi connectivity index (χ2v) is 8.92. The molecule has 2 heterocycles. The lowest BCUT2D eigenvalue weighted by atomic mass is 10.00. The Morgan fingerprint density at radius 1 is 1.24 bits per heavy atom. The quantitative estimate of drug-likeness (QED) is 0.652. The number of benzene rings is 1. The van der Waals surface area contributed by atoms with Crippen molar-refractivity contribution in [3.8, 4) is 0 Å². The Bertz CT molecular complexity index is 724. The number of aliphatic imine (C=N–C) groups is 1. The number of guanidine groups is 1. The molecule has 0 amide bonds. The van der Waals surface area contributed by atoms with Gasteiger partial charge in [0.1, 0.15) is 0 Å². The van der Waals surface area contributed by atoms with Crippen LogP contribution in [0.4, 0.5) is 5.69 Å². The smallest absolute Gasteiger partial charge is 0.236 e. The highest BCUT2D eigenvalue weighted by molar-refractivity contribution is 7.92. The summed E-state index contributed by atoms with van der Waals surface area (Å²) in [7, 11) is -1.56. The zero-order chi connectivity index (χ0) is 17.9. The topological polar surface area (TPSA) is 65.0 Å². The molecule has 3 rings (SSSR count). The molecule has 1 aromatic rings. The highest BCUT2D eigenvalue weighted by Gasteiger charge is 2.29. The summed E-state index contributed by atoms with van der Waals surface area (Å²) in [6.45, 7) is 5.15. The van der Waals surface area contributed by atoms with Crippen molar-refractivity contribution in [1.82, 2.24) is 10.2 Å². The molecule has 2 aliphatic rings. The Balaban J connectivity index is 1.56. The van der Waals surface area contributed by atoms with Crippen LogP contribution in [0.3, 0.4) is 0 Å². The second-order valence-electron chi connectivity index (χ2n) is 6.91. The normalized spacial score (nSPS) is 19.2. The summed E-state index contributed by atoms with van der Waals surface area (Å²) >= 11 is 0. The van der Waals surface area contributed by atoms with Gasteiger partial charge in [-0.2, -0.15) is 0 Å². The summed E-state index contributed by atoms with van der Waals surface area (Å²) in [4.78, 5) is 6.53. The maximum Gasteiger partial charge on any atom is 0.236 e. The van der Waals surface area contributed by atoms with Gasteiger partial charge in [0.15, 0.2) is 5.96 Å². The molecule has 0 aliphatic carbocycles. The van der Waals surface area contributed by atoms with E-state index in [9.17, 15) is 8.42 Å². The molecule has 7 heteroatoms. The molecule has 0 saturated carbocycles. The molecule has 2 aliphatic heterocycles. The summed E-state index contributed by atoms with van der Waals surface area (Å²) in [5.74, 6) is 1.64. The summed E-state index contributed by atoms with van der Waals surface area (Å²) in [6, 6.07) is 7.74. The molecule has 0 atom stereocenters. The van der Waals surface area contributed by atoms with Crippen LogP contribution in [0.5, 0.6) is 0 Å². The Morgan fingerprint density at radius 2 is 1.96 bits per heavy atom. The van der Waals surface area contributed by atoms with E-state index in [2.05, 4.69) is 22.1 Å². The molecule has 6 nitrogen and oxygen atoms in total. The van der Waals surface area contributed by atoms with Crippen molar-refractivity contribution in [3.63, 3.8) is 0 Å². The van der Waals surface area contributed by atoms with E-state index in [4.69, 9.17) is 0 Å². The number of likely N-dealkylation sites (tertiary alicyclic amines) is 1. The summed E-state index contributed by atoms with van der Waals surface area (Å²) in [6.07, 6.45) is 3.10. The maximum atomic E-state index is 12.7. The molecule has 1 N–H and O–H groups in total. The van der Waals surface area contributed by atoms with Crippen LogP contribution >= 0.6 is 0 Å². The van der Waals surface area contributed by atoms with E-state index in [1.165, 1.54) is 0 Å². The predicted molar refractivity (Wildman–Crippen MR) is 103 cm³/mol. The van der Waals surface area contributed by atoms with E-state index in [0.29, 0.717) is 13.1 Å². The number of rotatable bonds is 4. The third-order valence-corrected chi connectivity index (χ3v) is 6.89. The van der Waals surface area contributed by atoms with E-state index >= 15 is 0 Å². The van der Waals surface area contributed by atoms with Gasteiger partial charge in [-0.3, -0.25) is 9.30 Å². The van der Waals surface area contributed by atoms with Gasteiger partial charge in [-0.15, -0.1) is 0 Å².